The van der Waals surface area contributed by atoms with E-state index in [4.69, 9.17) is 9.47 Å². The summed E-state index contributed by atoms with van der Waals surface area (Å²) in [4.78, 5) is 32.8. The van der Waals surface area contributed by atoms with Crippen LogP contribution in [0.1, 0.15) is 79.2 Å². The normalized spacial score (nSPS) is 36.7. The zero-order chi connectivity index (χ0) is 31.9. The summed E-state index contributed by atoms with van der Waals surface area (Å²) in [6.07, 6.45) is 0. The van der Waals surface area contributed by atoms with E-state index in [9.17, 15) is 0 Å². The summed E-state index contributed by atoms with van der Waals surface area (Å²) < 4.78 is 12.0. The standard InChI is InChI=1S/C41H41NO4/c1-21(2)28-30-24-16-10-11-17-25(24)31(28)35-34(30)40(38(43)45-5)36-32-26-18-12-13-19-27(26)33(29(32)22(3)4)37(36)41(35,39(44)46-6)42(40)20-23-14-8-7-9-15-23/h7-19,30-37H,20H2,1-6H3. The molecule has 0 aromatic heterocycles. The Kier molecular flexibility index (Phi) is 5.73. The zero-order valence-corrected chi connectivity index (χ0v) is 27.4. The summed E-state index contributed by atoms with van der Waals surface area (Å²) in [6.45, 7) is 9.32. The molecule has 3 aromatic rings. The van der Waals surface area contributed by atoms with Crippen LogP contribution in [0, 0.1) is 23.7 Å². The number of nitrogens with zero attached hydrogens (tertiary/aromatic N) is 1. The van der Waals surface area contributed by atoms with Gasteiger partial charge in [0.2, 0.25) is 0 Å². The molecule has 2 saturated heterocycles. The van der Waals surface area contributed by atoms with E-state index in [2.05, 4.69) is 93.3 Å². The summed E-state index contributed by atoms with van der Waals surface area (Å²) >= 11 is 0. The maximum Gasteiger partial charge on any atom is 0.327 e. The Morgan fingerprint density at radius 3 is 1.20 bits per heavy atom. The molecule has 9 rings (SSSR count). The Balaban J connectivity index is 1.43. The number of benzene rings is 3. The minimum Gasteiger partial charge on any atom is -0.468 e. The second-order valence-electron chi connectivity index (χ2n) is 14.9. The molecule has 234 valence electrons. The van der Waals surface area contributed by atoms with Crippen LogP contribution in [0.3, 0.4) is 0 Å². The molecule has 5 heteroatoms. The van der Waals surface area contributed by atoms with Gasteiger partial charge in [0.25, 0.3) is 0 Å². The molecular weight excluding hydrogens is 570 g/mol. The van der Waals surface area contributed by atoms with Gasteiger partial charge < -0.3 is 9.47 Å². The van der Waals surface area contributed by atoms with Crippen LogP contribution < -0.4 is 0 Å². The molecule has 4 aliphatic carbocycles. The van der Waals surface area contributed by atoms with Crippen LogP contribution in [0.5, 0.6) is 0 Å². The van der Waals surface area contributed by atoms with Crippen molar-refractivity contribution < 1.29 is 19.1 Å². The van der Waals surface area contributed by atoms with Crippen molar-refractivity contribution in [2.75, 3.05) is 14.2 Å². The van der Waals surface area contributed by atoms with Crippen LogP contribution in [0.4, 0.5) is 0 Å². The first-order valence-electron chi connectivity index (χ1n) is 16.8. The van der Waals surface area contributed by atoms with Crippen molar-refractivity contribution in [1.29, 1.82) is 0 Å². The summed E-state index contributed by atoms with van der Waals surface area (Å²) in [7, 11) is 3.09. The van der Waals surface area contributed by atoms with Crippen molar-refractivity contribution in [3.05, 3.63) is 129 Å². The molecular formula is C41H41NO4. The Morgan fingerprint density at radius 1 is 0.565 bits per heavy atom. The molecule has 46 heavy (non-hydrogen) atoms. The molecule has 0 radical (unpaired) electrons. The fourth-order valence-corrected chi connectivity index (χ4v) is 12.5. The van der Waals surface area contributed by atoms with E-state index in [-0.39, 0.29) is 59.3 Å². The fourth-order valence-electron chi connectivity index (χ4n) is 12.5. The molecule has 3 aromatic carbocycles. The molecule has 6 aliphatic rings. The van der Waals surface area contributed by atoms with Gasteiger partial charge in [-0.3, -0.25) is 14.5 Å². The monoisotopic (exact) mass is 611 g/mol. The quantitative estimate of drug-likeness (QED) is 0.230. The largest absolute Gasteiger partial charge is 0.468 e. The fraction of sp³-hybridized carbons (Fsp3) is 0.415. The molecule has 0 amide bonds. The Bertz CT molecular complexity index is 1700. The van der Waals surface area contributed by atoms with E-state index in [0.717, 1.165) is 5.56 Å². The third-order valence-corrected chi connectivity index (χ3v) is 13.2. The van der Waals surface area contributed by atoms with Gasteiger partial charge in [-0.15, -0.1) is 0 Å². The van der Waals surface area contributed by atoms with Crippen molar-refractivity contribution in [1.82, 2.24) is 4.90 Å². The molecule has 4 fully saturated rings. The predicted octanol–water partition coefficient (Wildman–Crippen LogP) is 7.27. The van der Waals surface area contributed by atoms with Gasteiger partial charge in [0, 0.05) is 53.9 Å². The molecule has 0 spiro atoms. The van der Waals surface area contributed by atoms with Crippen LogP contribution in [-0.4, -0.2) is 42.1 Å². The highest BCUT2D eigenvalue weighted by atomic mass is 16.5. The van der Waals surface area contributed by atoms with E-state index in [1.807, 2.05) is 18.2 Å². The maximum atomic E-state index is 15.2. The van der Waals surface area contributed by atoms with E-state index < -0.39 is 11.1 Å². The Hall–Kier alpha value is -3.96. The lowest BCUT2D eigenvalue weighted by molar-refractivity contribution is -0.163. The lowest BCUT2D eigenvalue weighted by Gasteiger charge is -2.50. The van der Waals surface area contributed by atoms with Crippen molar-refractivity contribution in [2.45, 2.75) is 69.0 Å². The maximum absolute atomic E-state index is 15.2. The third kappa shape index (κ3) is 2.86. The first-order chi connectivity index (χ1) is 22.3. The second-order valence-corrected chi connectivity index (χ2v) is 14.9. The summed E-state index contributed by atoms with van der Waals surface area (Å²) in [5.74, 6) is -0.775. The third-order valence-electron chi connectivity index (χ3n) is 13.2. The molecule has 2 heterocycles. The van der Waals surface area contributed by atoms with Gasteiger partial charge in [-0.1, -0.05) is 101 Å². The Labute approximate surface area is 271 Å². The lowest BCUT2D eigenvalue weighted by atomic mass is 9.49. The van der Waals surface area contributed by atoms with Crippen molar-refractivity contribution >= 4 is 11.9 Å². The van der Waals surface area contributed by atoms with Crippen LogP contribution in [0.15, 0.2) is 101 Å². The van der Waals surface area contributed by atoms with Gasteiger partial charge in [0.15, 0.2) is 0 Å². The van der Waals surface area contributed by atoms with Gasteiger partial charge >= 0.3 is 11.9 Å². The molecule has 8 atom stereocenters. The number of rotatable bonds is 4. The van der Waals surface area contributed by atoms with E-state index in [1.165, 1.54) is 44.5 Å². The predicted molar refractivity (Wildman–Crippen MR) is 176 cm³/mol. The van der Waals surface area contributed by atoms with Crippen LogP contribution >= 0.6 is 0 Å². The minimum atomic E-state index is -1.03. The van der Waals surface area contributed by atoms with Crippen LogP contribution in [0.25, 0.3) is 0 Å². The second kappa shape index (κ2) is 9.32. The first-order valence-corrected chi connectivity index (χ1v) is 16.8. The average Bonchev–Trinajstić information content (AvgIpc) is 3.87. The number of ether oxygens (including phenoxy) is 2. The number of carbonyl (C=O) groups excluding carboxylic acids is 2. The smallest absolute Gasteiger partial charge is 0.327 e. The molecule has 2 aliphatic heterocycles. The van der Waals surface area contributed by atoms with Gasteiger partial charge in [-0.25, -0.2) is 0 Å². The van der Waals surface area contributed by atoms with E-state index in [1.54, 1.807) is 14.2 Å². The highest BCUT2D eigenvalue weighted by molar-refractivity contribution is 5.95. The lowest BCUT2D eigenvalue weighted by Crippen LogP contribution is -2.60. The number of fused-ring (bicyclic) bond motifs is 22. The highest BCUT2D eigenvalue weighted by Crippen LogP contribution is 2.86. The number of hydrogen-bond donors (Lipinski definition) is 0. The molecule has 0 N–H and O–H groups in total. The summed E-state index contributed by atoms with van der Waals surface area (Å²) in [6, 6.07) is 27.9. The van der Waals surface area contributed by atoms with Crippen LogP contribution in [0.2, 0.25) is 0 Å². The molecule has 6 bridgehead atoms. The SMILES string of the molecule is COC(=O)C12C3C4C(=C(C)C)C(c5ccccc54)C3C(C(=O)OC)(C3C4C(=C(C)C)C(c5ccccc54)C31)N2Cc1ccccc1. The van der Waals surface area contributed by atoms with Gasteiger partial charge in [-0.2, -0.15) is 0 Å². The molecule has 8 unspecified atom stereocenters. The number of methoxy groups -OCH3 is 2. The number of allylic oxidation sites excluding steroid dienone is 4. The summed E-state index contributed by atoms with van der Waals surface area (Å²) in [5, 5.41) is 0. The summed E-state index contributed by atoms with van der Waals surface area (Å²) in [5.41, 5.74) is 9.62. The molecule has 5 nitrogen and oxygen atoms in total. The first kappa shape index (κ1) is 28.3. The van der Waals surface area contributed by atoms with Crippen LogP contribution in [-0.2, 0) is 25.6 Å². The van der Waals surface area contributed by atoms with Gasteiger partial charge in [0.1, 0.15) is 11.1 Å². The van der Waals surface area contributed by atoms with E-state index >= 15 is 9.59 Å². The number of hydrogen-bond acceptors (Lipinski definition) is 5. The van der Waals surface area contributed by atoms with E-state index in [0.29, 0.717) is 6.54 Å². The molecule has 2 saturated carbocycles. The van der Waals surface area contributed by atoms with Crippen molar-refractivity contribution in [3.8, 4) is 0 Å². The Morgan fingerprint density at radius 2 is 0.891 bits per heavy atom. The average molecular weight is 612 g/mol. The van der Waals surface area contributed by atoms with Gasteiger partial charge in [-0.05, 0) is 55.5 Å². The highest BCUT2D eigenvalue weighted by Gasteiger charge is 2.92. The number of esters is 2. The number of carbonyl (C=O) groups is 2. The minimum absolute atomic E-state index is 0.0329. The topological polar surface area (TPSA) is 55.8 Å². The van der Waals surface area contributed by atoms with Crippen molar-refractivity contribution in [2.24, 2.45) is 23.7 Å². The van der Waals surface area contributed by atoms with Gasteiger partial charge in [0.05, 0.1) is 14.2 Å². The zero-order valence-electron chi connectivity index (χ0n) is 27.4. The van der Waals surface area contributed by atoms with Crippen molar-refractivity contribution in [3.63, 3.8) is 0 Å².